The predicted molar refractivity (Wildman–Crippen MR) is 106 cm³/mol. The highest BCUT2D eigenvalue weighted by atomic mass is 127. The smallest absolute Gasteiger partial charge is 0.409 e. The van der Waals surface area contributed by atoms with E-state index in [2.05, 4.69) is 32.3 Å². The largest absolute Gasteiger partial charge is 0.450 e. The Kier molecular flexibility index (Phi) is 9.53. The van der Waals surface area contributed by atoms with Crippen LogP contribution in [0, 0.1) is 0 Å². The van der Waals surface area contributed by atoms with Gasteiger partial charge >= 0.3 is 6.09 Å². The molecule has 1 amide bonds. The van der Waals surface area contributed by atoms with E-state index in [4.69, 9.17) is 4.74 Å². The summed E-state index contributed by atoms with van der Waals surface area (Å²) >= 11 is 0. The summed E-state index contributed by atoms with van der Waals surface area (Å²) in [7, 11) is 0. The molecule has 1 N–H and O–H groups in total. The molecular weight excluding hydrogens is 437 g/mol. The van der Waals surface area contributed by atoms with Gasteiger partial charge in [0.1, 0.15) is 12.9 Å². The molecule has 0 unspecified atom stereocenters. The van der Waals surface area contributed by atoms with Crippen LogP contribution in [0.3, 0.4) is 0 Å². The number of carbonyl (C=O) groups is 1. The highest BCUT2D eigenvalue weighted by Crippen LogP contribution is 2.06. The van der Waals surface area contributed by atoms with Gasteiger partial charge in [0, 0.05) is 39.3 Å². The number of nitrogens with one attached hydrogen (secondary N) is 1. The first-order valence-electron chi connectivity index (χ1n) is 8.51. The molecule has 0 aromatic carbocycles. The van der Waals surface area contributed by atoms with Gasteiger partial charge in [0.05, 0.1) is 6.61 Å². The van der Waals surface area contributed by atoms with E-state index in [1.54, 1.807) is 11.2 Å². The molecule has 0 spiro atoms. The third-order valence-corrected chi connectivity index (χ3v) is 3.85. The number of hydrogen-bond donors (Lipinski definition) is 1. The number of hydrogen-bond acceptors (Lipinski definition) is 5. The molecular formula is C15H28IN7O2. The van der Waals surface area contributed by atoms with Crippen molar-refractivity contribution in [2.75, 3.05) is 39.3 Å². The number of aromatic nitrogens is 3. The Labute approximate surface area is 165 Å². The van der Waals surface area contributed by atoms with Crippen LogP contribution in [0.5, 0.6) is 0 Å². The zero-order chi connectivity index (χ0) is 17.4. The van der Waals surface area contributed by atoms with Crippen LogP contribution in [0.1, 0.15) is 26.6 Å². The van der Waals surface area contributed by atoms with Gasteiger partial charge in [-0.05, 0) is 20.8 Å². The van der Waals surface area contributed by atoms with Gasteiger partial charge < -0.3 is 24.4 Å². The fraction of sp³-hybridized carbons (Fsp3) is 0.733. The van der Waals surface area contributed by atoms with E-state index in [0.29, 0.717) is 26.2 Å². The van der Waals surface area contributed by atoms with E-state index in [9.17, 15) is 4.79 Å². The molecule has 1 aromatic heterocycles. The maximum absolute atomic E-state index is 11.8. The SMILES string of the molecule is CCNC(=NCc1nncn1CC)N1CCN(C(=O)OCC)CC1.I. The molecule has 0 bridgehead atoms. The number of aryl methyl sites for hydroxylation is 1. The Morgan fingerprint density at radius 3 is 2.52 bits per heavy atom. The molecule has 0 saturated carbocycles. The zero-order valence-electron chi connectivity index (χ0n) is 15.1. The van der Waals surface area contributed by atoms with Crippen LogP contribution < -0.4 is 5.32 Å². The van der Waals surface area contributed by atoms with Crippen LogP contribution in [0.25, 0.3) is 0 Å². The molecule has 2 heterocycles. The summed E-state index contributed by atoms with van der Waals surface area (Å²) < 4.78 is 7.03. The normalized spacial score (nSPS) is 14.9. The maximum atomic E-state index is 11.8. The Bertz CT molecular complexity index is 556. The number of nitrogens with zero attached hydrogens (tertiary/aromatic N) is 6. The maximum Gasteiger partial charge on any atom is 0.409 e. The number of guanidine groups is 1. The van der Waals surface area contributed by atoms with Crippen molar-refractivity contribution in [3.63, 3.8) is 0 Å². The van der Waals surface area contributed by atoms with E-state index >= 15 is 0 Å². The zero-order valence-corrected chi connectivity index (χ0v) is 17.5. The molecule has 2 rings (SSSR count). The number of rotatable bonds is 5. The minimum atomic E-state index is -0.241. The lowest BCUT2D eigenvalue weighted by Gasteiger charge is -2.35. The number of ether oxygens (including phenoxy) is 1. The summed E-state index contributed by atoms with van der Waals surface area (Å²) in [6.45, 7) is 11.1. The molecule has 25 heavy (non-hydrogen) atoms. The lowest BCUT2D eigenvalue weighted by atomic mass is 10.3. The number of halogens is 1. The quantitative estimate of drug-likeness (QED) is 0.399. The summed E-state index contributed by atoms with van der Waals surface area (Å²) in [6, 6.07) is 0. The van der Waals surface area contributed by atoms with Crippen LogP contribution in [0.4, 0.5) is 4.79 Å². The van der Waals surface area contributed by atoms with Gasteiger partial charge in [0.25, 0.3) is 0 Å². The van der Waals surface area contributed by atoms with Crippen LogP contribution in [0.2, 0.25) is 0 Å². The van der Waals surface area contributed by atoms with Gasteiger partial charge in [-0.1, -0.05) is 0 Å². The fourth-order valence-corrected chi connectivity index (χ4v) is 2.55. The molecule has 0 aliphatic carbocycles. The summed E-state index contributed by atoms with van der Waals surface area (Å²) in [5, 5.41) is 11.3. The first-order valence-corrected chi connectivity index (χ1v) is 8.51. The minimum Gasteiger partial charge on any atom is -0.450 e. The summed E-state index contributed by atoms with van der Waals surface area (Å²) in [6.07, 6.45) is 1.48. The van der Waals surface area contributed by atoms with Crippen LogP contribution in [-0.2, 0) is 17.8 Å². The van der Waals surface area contributed by atoms with Gasteiger partial charge in [-0.3, -0.25) is 0 Å². The van der Waals surface area contributed by atoms with Crippen LogP contribution in [-0.4, -0.2) is 75.9 Å². The monoisotopic (exact) mass is 465 g/mol. The lowest BCUT2D eigenvalue weighted by Crippen LogP contribution is -2.53. The lowest BCUT2D eigenvalue weighted by molar-refractivity contribution is 0.0914. The standard InChI is InChI=1S/C15H27N7O2.HI/c1-4-16-14(17-11-13-19-18-12-20(13)5-2)21-7-9-22(10-8-21)15(23)24-6-3;/h12H,4-11H2,1-3H3,(H,16,17);1H. The predicted octanol–water partition coefficient (Wildman–Crippen LogP) is 1.16. The van der Waals surface area contributed by atoms with Gasteiger partial charge in [-0.25, -0.2) is 9.79 Å². The van der Waals surface area contributed by atoms with Crippen molar-refractivity contribution in [3.8, 4) is 0 Å². The second kappa shape index (κ2) is 11.1. The van der Waals surface area contributed by atoms with Crippen molar-refractivity contribution in [1.29, 1.82) is 0 Å². The van der Waals surface area contributed by atoms with E-state index in [-0.39, 0.29) is 30.1 Å². The van der Waals surface area contributed by atoms with E-state index in [1.807, 2.05) is 18.4 Å². The van der Waals surface area contributed by atoms with Crippen LogP contribution in [0.15, 0.2) is 11.3 Å². The Morgan fingerprint density at radius 2 is 1.92 bits per heavy atom. The number of amides is 1. The minimum absolute atomic E-state index is 0. The summed E-state index contributed by atoms with van der Waals surface area (Å²) in [5.41, 5.74) is 0. The average molecular weight is 465 g/mol. The van der Waals surface area contributed by atoms with Gasteiger partial charge in [-0.2, -0.15) is 0 Å². The van der Waals surface area contributed by atoms with E-state index < -0.39 is 0 Å². The molecule has 1 saturated heterocycles. The van der Waals surface area contributed by atoms with Crippen molar-refractivity contribution in [1.82, 2.24) is 29.9 Å². The molecule has 1 aliphatic rings. The Balaban J connectivity index is 0.00000312. The van der Waals surface area contributed by atoms with E-state index in [0.717, 1.165) is 38.0 Å². The Morgan fingerprint density at radius 1 is 1.24 bits per heavy atom. The fourth-order valence-electron chi connectivity index (χ4n) is 2.55. The highest BCUT2D eigenvalue weighted by molar-refractivity contribution is 14.0. The molecule has 142 valence electrons. The second-order valence-corrected chi connectivity index (χ2v) is 5.38. The number of carbonyl (C=O) groups excluding carboxylic acids is 1. The second-order valence-electron chi connectivity index (χ2n) is 5.38. The van der Waals surface area contributed by atoms with Gasteiger partial charge in [0.2, 0.25) is 0 Å². The number of piperazine rings is 1. The summed E-state index contributed by atoms with van der Waals surface area (Å²) in [5.74, 6) is 1.68. The van der Waals surface area contributed by atoms with Crippen molar-refractivity contribution < 1.29 is 9.53 Å². The van der Waals surface area contributed by atoms with Crippen molar-refractivity contribution >= 4 is 36.0 Å². The molecule has 0 atom stereocenters. The third-order valence-electron chi connectivity index (χ3n) is 3.85. The van der Waals surface area contributed by atoms with Crippen LogP contribution >= 0.6 is 24.0 Å². The first-order chi connectivity index (χ1) is 11.7. The van der Waals surface area contributed by atoms with Crippen molar-refractivity contribution in [2.45, 2.75) is 33.9 Å². The molecule has 1 aliphatic heterocycles. The van der Waals surface area contributed by atoms with Gasteiger partial charge in [0.15, 0.2) is 11.8 Å². The third kappa shape index (κ3) is 6.01. The highest BCUT2D eigenvalue weighted by Gasteiger charge is 2.23. The Hall–Kier alpha value is -1.59. The average Bonchev–Trinajstić information content (AvgIpc) is 3.06. The molecule has 10 heteroatoms. The molecule has 9 nitrogen and oxygen atoms in total. The molecule has 1 fully saturated rings. The number of aliphatic imine (C=N–C) groups is 1. The van der Waals surface area contributed by atoms with Crippen molar-refractivity contribution in [2.24, 2.45) is 4.99 Å². The topological polar surface area (TPSA) is 87.9 Å². The molecule has 0 radical (unpaired) electrons. The van der Waals surface area contributed by atoms with Gasteiger partial charge in [-0.15, -0.1) is 34.2 Å². The van der Waals surface area contributed by atoms with E-state index in [1.165, 1.54) is 0 Å². The van der Waals surface area contributed by atoms with Crippen molar-refractivity contribution in [3.05, 3.63) is 12.2 Å². The summed E-state index contributed by atoms with van der Waals surface area (Å²) in [4.78, 5) is 20.3. The molecule has 1 aromatic rings. The first kappa shape index (κ1) is 21.5.